The van der Waals surface area contributed by atoms with Crippen molar-refractivity contribution in [1.29, 1.82) is 0 Å². The largest absolute Gasteiger partial charge is 0.402 e. The number of halogens is 4. The van der Waals surface area contributed by atoms with Gasteiger partial charge in [0.1, 0.15) is 29.2 Å². The fourth-order valence-corrected chi connectivity index (χ4v) is 3.50. The summed E-state index contributed by atoms with van der Waals surface area (Å²) in [6, 6.07) is 10.4. The zero-order valence-electron chi connectivity index (χ0n) is 14.2. The van der Waals surface area contributed by atoms with E-state index in [1.165, 1.54) is 30.6 Å². The Morgan fingerprint density at radius 3 is 2.43 bits per heavy atom. The summed E-state index contributed by atoms with van der Waals surface area (Å²) < 4.78 is 65.9. The first kappa shape index (κ1) is 19.9. The van der Waals surface area contributed by atoms with Crippen molar-refractivity contribution in [2.24, 2.45) is 0 Å². The maximum absolute atomic E-state index is 14.6. The highest BCUT2D eigenvalue weighted by Crippen LogP contribution is 2.30. The van der Waals surface area contributed by atoms with Crippen LogP contribution in [-0.4, -0.2) is 26.9 Å². The van der Waals surface area contributed by atoms with E-state index >= 15 is 0 Å². The highest BCUT2D eigenvalue weighted by molar-refractivity contribution is 7.83. The summed E-state index contributed by atoms with van der Waals surface area (Å²) in [4.78, 5) is 7.99. The predicted molar refractivity (Wildman–Crippen MR) is 97.7 cm³/mol. The van der Waals surface area contributed by atoms with Crippen LogP contribution >= 0.6 is 0 Å². The summed E-state index contributed by atoms with van der Waals surface area (Å²) in [7, 11) is -2.12. The first-order valence-corrected chi connectivity index (χ1v) is 9.08. The van der Waals surface area contributed by atoms with Gasteiger partial charge in [-0.25, -0.2) is 18.3 Å². The zero-order chi connectivity index (χ0) is 20.3. The van der Waals surface area contributed by atoms with Gasteiger partial charge in [0.2, 0.25) is 0 Å². The second kappa shape index (κ2) is 8.03. The highest BCUT2D eigenvalue weighted by atomic mass is 32.2. The number of rotatable bonds is 5. The molecule has 1 atom stereocenters. The summed E-state index contributed by atoms with van der Waals surface area (Å²) in [5.41, 5.74) is 6.65. The summed E-state index contributed by atoms with van der Waals surface area (Å²) in [5.74, 6) is -0.413. The SMILES string of the molecule is Nc1cnc(-c2ccc(-c3ccccc3S(=O)NCC(F)(F)F)cc2F)cn1. The highest BCUT2D eigenvalue weighted by Gasteiger charge is 2.28. The molecule has 1 heterocycles. The minimum atomic E-state index is -4.50. The van der Waals surface area contributed by atoms with Gasteiger partial charge in [0.25, 0.3) is 0 Å². The standard InChI is InChI=1S/C18H14F4N4OS/c19-14-7-11(5-6-13(14)15-8-25-17(23)9-24-15)12-3-1-2-4-16(12)28(27)26-10-18(20,21)22/h1-9,26H,10H2,(H2,23,25). The van der Waals surface area contributed by atoms with Gasteiger partial charge < -0.3 is 5.73 Å². The second-order valence-corrected chi connectivity index (χ2v) is 6.99. The number of nitrogens with zero attached hydrogens (tertiary/aromatic N) is 2. The second-order valence-electron chi connectivity index (χ2n) is 5.72. The molecule has 0 fully saturated rings. The molecular weight excluding hydrogens is 396 g/mol. The molecule has 146 valence electrons. The summed E-state index contributed by atoms with van der Waals surface area (Å²) in [6.07, 6.45) is -1.87. The first-order valence-electron chi connectivity index (χ1n) is 7.93. The van der Waals surface area contributed by atoms with Gasteiger partial charge in [-0.2, -0.15) is 13.2 Å². The van der Waals surface area contributed by atoms with Crippen LogP contribution in [-0.2, 0) is 11.0 Å². The quantitative estimate of drug-likeness (QED) is 0.629. The van der Waals surface area contributed by atoms with E-state index in [9.17, 15) is 21.8 Å². The molecule has 3 aromatic rings. The number of benzene rings is 2. The van der Waals surface area contributed by atoms with Crippen LogP contribution in [0.4, 0.5) is 23.4 Å². The van der Waals surface area contributed by atoms with Crippen LogP contribution in [0.3, 0.4) is 0 Å². The molecule has 5 nitrogen and oxygen atoms in total. The van der Waals surface area contributed by atoms with Gasteiger partial charge in [-0.15, -0.1) is 0 Å². The van der Waals surface area contributed by atoms with E-state index in [0.717, 1.165) is 0 Å². The van der Waals surface area contributed by atoms with Crippen molar-refractivity contribution in [3.05, 3.63) is 60.7 Å². The topological polar surface area (TPSA) is 80.9 Å². The van der Waals surface area contributed by atoms with E-state index in [1.807, 2.05) is 4.72 Å². The van der Waals surface area contributed by atoms with Gasteiger partial charge in [0.15, 0.2) is 0 Å². The summed E-state index contributed by atoms with van der Waals surface area (Å²) >= 11 is 0. The van der Waals surface area contributed by atoms with E-state index in [1.54, 1.807) is 24.3 Å². The third kappa shape index (κ3) is 4.70. The number of nitrogens with one attached hydrogen (secondary N) is 1. The number of aromatic nitrogens is 2. The third-order valence-corrected chi connectivity index (χ3v) is 4.88. The average molecular weight is 410 g/mol. The molecule has 0 spiro atoms. The average Bonchev–Trinajstić information content (AvgIpc) is 2.66. The molecule has 0 saturated carbocycles. The smallest absolute Gasteiger partial charge is 0.382 e. The maximum atomic E-state index is 14.6. The van der Waals surface area contributed by atoms with Crippen LogP contribution in [0.25, 0.3) is 22.4 Å². The normalized spacial score (nSPS) is 12.7. The molecule has 0 aliphatic heterocycles. The molecule has 28 heavy (non-hydrogen) atoms. The number of hydrogen-bond donors (Lipinski definition) is 2. The fourth-order valence-electron chi connectivity index (χ4n) is 2.46. The van der Waals surface area contributed by atoms with Crippen molar-refractivity contribution < 1.29 is 21.8 Å². The molecule has 10 heteroatoms. The fraction of sp³-hybridized carbons (Fsp3) is 0.111. The van der Waals surface area contributed by atoms with Crippen LogP contribution < -0.4 is 10.5 Å². The molecule has 0 amide bonds. The van der Waals surface area contributed by atoms with Crippen molar-refractivity contribution in [2.75, 3.05) is 12.3 Å². The van der Waals surface area contributed by atoms with Crippen LogP contribution in [0.2, 0.25) is 0 Å². The van der Waals surface area contributed by atoms with Gasteiger partial charge >= 0.3 is 6.18 Å². The minimum Gasteiger partial charge on any atom is -0.382 e. The Hall–Kier alpha value is -2.85. The van der Waals surface area contributed by atoms with Gasteiger partial charge in [-0.3, -0.25) is 4.98 Å². The van der Waals surface area contributed by atoms with Crippen LogP contribution in [0.5, 0.6) is 0 Å². The lowest BCUT2D eigenvalue weighted by atomic mass is 10.0. The van der Waals surface area contributed by atoms with Crippen molar-refractivity contribution in [3.63, 3.8) is 0 Å². The van der Waals surface area contributed by atoms with Crippen LogP contribution in [0.1, 0.15) is 0 Å². The Morgan fingerprint density at radius 2 is 1.79 bits per heavy atom. The molecule has 1 aromatic heterocycles. The molecular formula is C18H14F4N4OS. The van der Waals surface area contributed by atoms with E-state index in [4.69, 9.17) is 5.73 Å². The third-order valence-electron chi connectivity index (χ3n) is 3.72. The first-order chi connectivity index (χ1) is 13.2. The van der Waals surface area contributed by atoms with Crippen molar-refractivity contribution in [3.8, 4) is 22.4 Å². The number of alkyl halides is 3. The Labute approximate surface area is 160 Å². The van der Waals surface area contributed by atoms with E-state index in [0.29, 0.717) is 11.1 Å². The Morgan fingerprint density at radius 1 is 1.04 bits per heavy atom. The van der Waals surface area contributed by atoms with Crippen molar-refractivity contribution >= 4 is 16.8 Å². The monoisotopic (exact) mass is 410 g/mol. The van der Waals surface area contributed by atoms with Crippen molar-refractivity contribution in [2.45, 2.75) is 11.1 Å². The molecule has 0 saturated heterocycles. The number of nitrogens with two attached hydrogens (primary N) is 1. The molecule has 3 rings (SSSR count). The van der Waals surface area contributed by atoms with E-state index in [-0.39, 0.29) is 22.0 Å². The molecule has 0 bridgehead atoms. The maximum Gasteiger partial charge on any atom is 0.402 e. The van der Waals surface area contributed by atoms with Gasteiger partial charge in [-0.05, 0) is 29.3 Å². The molecule has 1 unspecified atom stereocenters. The number of hydrogen-bond acceptors (Lipinski definition) is 4. The van der Waals surface area contributed by atoms with Gasteiger partial charge in [-0.1, -0.05) is 24.3 Å². The molecule has 0 radical (unpaired) electrons. The lowest BCUT2D eigenvalue weighted by molar-refractivity contribution is -0.121. The number of nitrogen functional groups attached to an aromatic ring is 1. The molecule has 2 aromatic carbocycles. The van der Waals surface area contributed by atoms with E-state index in [2.05, 4.69) is 9.97 Å². The van der Waals surface area contributed by atoms with Crippen molar-refractivity contribution in [1.82, 2.24) is 14.7 Å². The molecule has 0 aliphatic carbocycles. The zero-order valence-corrected chi connectivity index (χ0v) is 15.0. The lowest BCUT2D eigenvalue weighted by Gasteiger charge is -2.12. The van der Waals surface area contributed by atoms with E-state index < -0.39 is 29.5 Å². The van der Waals surface area contributed by atoms with Crippen LogP contribution in [0.15, 0.2) is 59.8 Å². The Balaban J connectivity index is 1.93. The Kier molecular flexibility index (Phi) is 5.71. The van der Waals surface area contributed by atoms with Crippen LogP contribution in [0, 0.1) is 5.82 Å². The predicted octanol–water partition coefficient (Wildman–Crippen LogP) is 3.71. The minimum absolute atomic E-state index is 0.117. The summed E-state index contributed by atoms with van der Waals surface area (Å²) in [5, 5.41) is 0. The Bertz CT molecular complexity index is 1010. The molecule has 3 N–H and O–H groups in total. The number of anilines is 1. The van der Waals surface area contributed by atoms with Gasteiger partial charge in [0.05, 0.1) is 23.0 Å². The summed E-state index contributed by atoms with van der Waals surface area (Å²) in [6.45, 7) is -1.41. The lowest BCUT2D eigenvalue weighted by Crippen LogP contribution is -2.30. The molecule has 0 aliphatic rings. The van der Waals surface area contributed by atoms with Gasteiger partial charge in [0, 0.05) is 5.56 Å².